The fraction of sp³-hybridized carbons (Fsp3) is 0.474. The van der Waals surface area contributed by atoms with E-state index < -0.39 is 17.2 Å². The Morgan fingerprint density at radius 2 is 2.12 bits per heavy atom. The molecule has 2 fully saturated rings. The number of anilines is 1. The molecule has 2 aromatic rings. The van der Waals surface area contributed by atoms with Gasteiger partial charge in [-0.05, 0) is 32.8 Å². The Bertz CT molecular complexity index is 965. The van der Waals surface area contributed by atoms with Crippen molar-refractivity contribution >= 4 is 22.6 Å². The highest BCUT2D eigenvalue weighted by atomic mass is 19.1. The van der Waals surface area contributed by atoms with Crippen molar-refractivity contribution in [2.24, 2.45) is 0 Å². The molecule has 1 aliphatic carbocycles. The highest BCUT2D eigenvalue weighted by molar-refractivity contribution is 5.95. The standard InChI is InChI=1S/C19H22FN3O3/c1-10-8-22(6-5-21-10)15-7-14-16(11(2)17(15)20)18(24)13(19(25)26)9-23(14)12-3-4-12/h7,9-10,12,21H,3-6,8H2,1-2H3,(H,25,26)/p+1. The van der Waals surface area contributed by atoms with E-state index in [0.717, 1.165) is 19.4 Å². The molecule has 2 aliphatic rings. The van der Waals surface area contributed by atoms with Crippen molar-refractivity contribution in [1.29, 1.82) is 0 Å². The number of halogens is 1. The Hall–Kier alpha value is -2.41. The number of piperazine rings is 1. The lowest BCUT2D eigenvalue weighted by atomic mass is 10.0. The summed E-state index contributed by atoms with van der Waals surface area (Å²) in [5, 5.41) is 10.9. The minimum Gasteiger partial charge on any atom is -0.561 e. The highest BCUT2D eigenvalue weighted by Gasteiger charge is 2.31. The van der Waals surface area contributed by atoms with Crippen LogP contribution in [0.5, 0.6) is 0 Å². The molecule has 3 N–H and O–H groups in total. The molecule has 1 aliphatic heterocycles. The van der Waals surface area contributed by atoms with E-state index in [4.69, 9.17) is 5.11 Å². The van der Waals surface area contributed by atoms with Crippen molar-refractivity contribution in [3.63, 3.8) is 0 Å². The first-order valence-electron chi connectivity index (χ1n) is 9.00. The number of carbonyl (C=O) groups excluding carboxylic acids is 1. The largest absolute Gasteiger partial charge is 0.561 e. The highest BCUT2D eigenvalue weighted by Crippen LogP contribution is 2.39. The molecule has 138 valence electrons. The molecule has 1 saturated heterocycles. The van der Waals surface area contributed by atoms with Crippen molar-refractivity contribution < 1.29 is 14.3 Å². The van der Waals surface area contributed by atoms with Gasteiger partial charge in [0.05, 0.1) is 16.6 Å². The third-order valence-corrected chi connectivity index (χ3v) is 5.37. The lowest BCUT2D eigenvalue weighted by Gasteiger charge is -2.34. The van der Waals surface area contributed by atoms with Gasteiger partial charge in [-0.3, -0.25) is 4.79 Å². The summed E-state index contributed by atoms with van der Waals surface area (Å²) in [5.74, 6) is -1.44. The van der Waals surface area contributed by atoms with Crippen molar-refractivity contribution in [1.82, 2.24) is 9.88 Å². The molecule has 1 aromatic carbocycles. The van der Waals surface area contributed by atoms with Gasteiger partial charge in [0.2, 0.25) is 5.43 Å². The Labute approximate surface area is 150 Å². The minimum absolute atomic E-state index is 0.185. The van der Waals surface area contributed by atoms with Gasteiger partial charge in [-0.2, -0.15) is 0 Å². The number of hydrogen-bond donors (Lipinski definition) is 1. The van der Waals surface area contributed by atoms with Crippen LogP contribution in [0.15, 0.2) is 17.1 Å². The van der Waals surface area contributed by atoms with Gasteiger partial charge in [0.15, 0.2) is 5.56 Å². The van der Waals surface area contributed by atoms with Crippen molar-refractivity contribution in [2.75, 3.05) is 24.5 Å². The predicted molar refractivity (Wildman–Crippen MR) is 98.8 cm³/mol. The number of fused-ring (bicyclic) bond motifs is 1. The summed E-state index contributed by atoms with van der Waals surface area (Å²) >= 11 is 0. The molecule has 6 nitrogen and oxygen atoms in total. The molecule has 0 radical (unpaired) electrons. The summed E-state index contributed by atoms with van der Waals surface area (Å²) in [4.78, 5) is 26.3. The number of nitrogens with one attached hydrogen (secondary N) is 1. The van der Waals surface area contributed by atoms with Gasteiger partial charge in [-0.15, -0.1) is 0 Å². The summed E-state index contributed by atoms with van der Waals surface area (Å²) in [6, 6.07) is 2.21. The van der Waals surface area contributed by atoms with Gasteiger partial charge in [-0.25, -0.2) is 4.39 Å². The summed E-state index contributed by atoms with van der Waals surface area (Å²) in [7, 11) is 0. The molecule has 0 bridgehead atoms. The summed E-state index contributed by atoms with van der Waals surface area (Å²) in [6.07, 6.45) is 3.40. The number of nitrogens with zero attached hydrogens (tertiary/aromatic N) is 2. The zero-order valence-electron chi connectivity index (χ0n) is 14.9. The molecular weight excluding hydrogens is 337 g/mol. The molecule has 1 unspecified atom stereocenters. The maximum atomic E-state index is 15.2. The maximum absolute atomic E-state index is 15.2. The van der Waals surface area contributed by atoms with Crippen molar-refractivity contribution in [3.05, 3.63) is 39.4 Å². The average Bonchev–Trinajstić information content (AvgIpc) is 3.42. The van der Waals surface area contributed by atoms with Gasteiger partial charge < -0.3 is 19.9 Å². The number of pyridine rings is 1. The number of hydrogen-bond acceptors (Lipinski definition) is 4. The van der Waals surface area contributed by atoms with Gasteiger partial charge in [0, 0.05) is 48.3 Å². The van der Waals surface area contributed by atoms with E-state index >= 15 is 4.39 Å². The first-order chi connectivity index (χ1) is 12.4. The molecule has 26 heavy (non-hydrogen) atoms. The molecule has 1 saturated carbocycles. The van der Waals surface area contributed by atoms with Crippen molar-refractivity contribution in [2.45, 2.75) is 38.8 Å². The Morgan fingerprint density at radius 1 is 1.38 bits per heavy atom. The van der Waals surface area contributed by atoms with Crippen LogP contribution in [0.25, 0.3) is 10.9 Å². The molecule has 1 aromatic heterocycles. The fourth-order valence-electron chi connectivity index (χ4n) is 3.85. The van der Waals surface area contributed by atoms with E-state index in [0.29, 0.717) is 24.3 Å². The molecule has 4 rings (SSSR count). The number of aryl methyl sites for hydroxylation is 1. The van der Waals surface area contributed by atoms with Gasteiger partial charge >= 0.3 is 5.97 Å². The molecule has 0 spiro atoms. The van der Waals surface area contributed by atoms with Crippen LogP contribution in [0.3, 0.4) is 0 Å². The molecular formula is C19H23FN3O3+. The third-order valence-electron chi connectivity index (χ3n) is 5.37. The lowest BCUT2D eigenvalue weighted by molar-refractivity contribution is 0.0695. The average molecular weight is 360 g/mol. The van der Waals surface area contributed by atoms with Gasteiger partial charge in [0.1, 0.15) is 5.82 Å². The SMILES string of the molecule is Cc1c(F)c(N2CCNC(C)C2)cc2c1c(=O)c(C(=O)[OH2+])cn2C1CC1. The van der Waals surface area contributed by atoms with E-state index in [2.05, 4.69) is 12.2 Å². The first kappa shape index (κ1) is 17.0. The monoisotopic (exact) mass is 360 g/mol. The molecule has 1 atom stereocenters. The maximum Gasteiger partial charge on any atom is 0.554 e. The summed E-state index contributed by atoms with van der Waals surface area (Å²) < 4.78 is 17.1. The Balaban J connectivity index is 1.99. The molecule has 0 amide bonds. The quantitative estimate of drug-likeness (QED) is 0.841. The molecule has 7 heteroatoms. The minimum atomic E-state index is -1.02. The van der Waals surface area contributed by atoms with Crippen LogP contribution in [-0.4, -0.2) is 41.3 Å². The second-order valence-electron chi connectivity index (χ2n) is 7.37. The number of benzene rings is 1. The predicted octanol–water partition coefficient (Wildman–Crippen LogP) is 1.45. The van der Waals surface area contributed by atoms with Gasteiger partial charge in [0.25, 0.3) is 0 Å². The smallest absolute Gasteiger partial charge is 0.554 e. The summed E-state index contributed by atoms with van der Waals surface area (Å²) in [6.45, 7) is 5.81. The van der Waals surface area contributed by atoms with Crippen LogP contribution >= 0.6 is 0 Å². The van der Waals surface area contributed by atoms with E-state index in [9.17, 15) is 9.59 Å². The number of carbonyl (C=O) groups is 1. The summed E-state index contributed by atoms with van der Waals surface area (Å²) in [5.41, 5.74) is 0.680. The topological polar surface area (TPSA) is 77.2 Å². The van der Waals surface area contributed by atoms with E-state index in [1.165, 1.54) is 6.20 Å². The van der Waals surface area contributed by atoms with E-state index in [1.807, 2.05) is 9.47 Å². The number of rotatable bonds is 3. The zero-order chi connectivity index (χ0) is 18.6. The van der Waals surface area contributed by atoms with Crippen LogP contribution in [0.2, 0.25) is 0 Å². The van der Waals surface area contributed by atoms with Crippen LogP contribution in [0, 0.1) is 12.7 Å². The number of aromatic nitrogens is 1. The van der Waals surface area contributed by atoms with Crippen molar-refractivity contribution in [3.8, 4) is 0 Å². The fourth-order valence-corrected chi connectivity index (χ4v) is 3.85. The lowest BCUT2D eigenvalue weighted by Crippen LogP contribution is -2.49. The Kier molecular flexibility index (Phi) is 3.99. The first-order valence-corrected chi connectivity index (χ1v) is 9.00. The van der Waals surface area contributed by atoms with Crippen LogP contribution < -0.4 is 15.6 Å². The van der Waals surface area contributed by atoms with Crippen LogP contribution in [0.4, 0.5) is 10.1 Å². The second-order valence-corrected chi connectivity index (χ2v) is 7.37. The zero-order valence-corrected chi connectivity index (χ0v) is 14.9. The van der Waals surface area contributed by atoms with Crippen LogP contribution in [-0.2, 0) is 0 Å². The van der Waals surface area contributed by atoms with Gasteiger partial charge in [-0.1, -0.05) is 0 Å². The Morgan fingerprint density at radius 3 is 2.73 bits per heavy atom. The normalized spacial score (nSPS) is 20.6. The van der Waals surface area contributed by atoms with Crippen LogP contribution in [0.1, 0.15) is 41.7 Å². The second kappa shape index (κ2) is 6.09. The van der Waals surface area contributed by atoms with E-state index in [1.54, 1.807) is 13.0 Å². The van der Waals surface area contributed by atoms with E-state index in [-0.39, 0.29) is 28.6 Å². The third kappa shape index (κ3) is 2.67. The molecule has 2 heterocycles.